The molecule has 0 aliphatic heterocycles. The van der Waals surface area contributed by atoms with E-state index in [4.69, 9.17) is 5.26 Å². The van der Waals surface area contributed by atoms with Gasteiger partial charge in [-0.3, -0.25) is 0 Å². The van der Waals surface area contributed by atoms with Crippen LogP contribution in [0.2, 0.25) is 0 Å². The largest absolute Gasteiger partial charge is 0.507 e. The van der Waals surface area contributed by atoms with Crippen LogP contribution in [-0.2, 0) is 0 Å². The summed E-state index contributed by atoms with van der Waals surface area (Å²) < 4.78 is 0. The van der Waals surface area contributed by atoms with E-state index < -0.39 is 0 Å². The Morgan fingerprint density at radius 3 is 2.67 bits per heavy atom. The zero-order chi connectivity index (χ0) is 8.55. The van der Waals surface area contributed by atoms with E-state index in [0.717, 1.165) is 5.56 Å². The van der Waals surface area contributed by atoms with E-state index in [1.807, 2.05) is 12.1 Å². The van der Waals surface area contributed by atoms with E-state index in [1.54, 1.807) is 12.1 Å². The number of phenolic OH excluding ortho intramolecular Hbond substituents is 1. The van der Waals surface area contributed by atoms with Gasteiger partial charge >= 0.3 is 0 Å². The minimum absolute atomic E-state index is 0.113. The Hall–Kier alpha value is -1.49. The molecule has 0 amide bonds. The van der Waals surface area contributed by atoms with Gasteiger partial charge in [0.2, 0.25) is 0 Å². The lowest BCUT2D eigenvalue weighted by atomic mass is 10.1. The molecule has 0 atom stereocenters. The van der Waals surface area contributed by atoms with Crippen LogP contribution >= 0.6 is 0 Å². The topological polar surface area (TPSA) is 44.0 Å². The average Bonchev–Trinajstić information content (AvgIpc) is 2.86. The minimum Gasteiger partial charge on any atom is -0.507 e. The summed E-state index contributed by atoms with van der Waals surface area (Å²) in [7, 11) is 0. The molecule has 1 aromatic rings. The number of hydrogen-bond acceptors (Lipinski definition) is 2. The third-order valence-electron chi connectivity index (χ3n) is 2.19. The highest BCUT2D eigenvalue weighted by molar-refractivity contribution is 5.45. The number of nitrogens with zero attached hydrogens (tertiary/aromatic N) is 1. The molecule has 2 heteroatoms. The van der Waals surface area contributed by atoms with Gasteiger partial charge in [-0.25, -0.2) is 0 Å². The Balaban J connectivity index is 2.38. The van der Waals surface area contributed by atoms with Crippen molar-refractivity contribution in [3.8, 4) is 11.8 Å². The van der Waals surface area contributed by atoms with E-state index >= 15 is 0 Å². The number of hydrogen-bond donors (Lipinski definition) is 1. The fourth-order valence-corrected chi connectivity index (χ4v) is 1.31. The van der Waals surface area contributed by atoms with E-state index in [-0.39, 0.29) is 5.75 Å². The summed E-state index contributed by atoms with van der Waals surface area (Å²) >= 11 is 0. The molecule has 60 valence electrons. The first-order valence-electron chi connectivity index (χ1n) is 4.04. The molecular formula is C10H9NO. The molecule has 0 aromatic heterocycles. The lowest BCUT2D eigenvalue weighted by Crippen LogP contribution is -1.81. The monoisotopic (exact) mass is 159 g/mol. The predicted molar refractivity (Wildman–Crippen MR) is 44.8 cm³/mol. The summed E-state index contributed by atoms with van der Waals surface area (Å²) in [6.07, 6.45) is 2.43. The second-order valence-electron chi connectivity index (χ2n) is 3.16. The highest BCUT2D eigenvalue weighted by atomic mass is 16.3. The van der Waals surface area contributed by atoms with Crippen molar-refractivity contribution in [2.45, 2.75) is 18.8 Å². The zero-order valence-electron chi connectivity index (χ0n) is 6.62. The second-order valence-corrected chi connectivity index (χ2v) is 3.16. The molecule has 1 fully saturated rings. The summed E-state index contributed by atoms with van der Waals surface area (Å²) in [4.78, 5) is 0. The summed E-state index contributed by atoms with van der Waals surface area (Å²) in [5.41, 5.74) is 1.52. The number of rotatable bonds is 1. The SMILES string of the molecule is N#Cc1ccc(C2CC2)cc1O. The van der Waals surface area contributed by atoms with Crippen LogP contribution < -0.4 is 0 Å². The van der Waals surface area contributed by atoms with E-state index in [1.165, 1.54) is 12.8 Å². The van der Waals surface area contributed by atoms with Gasteiger partial charge < -0.3 is 5.11 Å². The van der Waals surface area contributed by atoms with Crippen LogP contribution in [0.3, 0.4) is 0 Å². The molecule has 2 rings (SSSR count). The van der Waals surface area contributed by atoms with E-state index in [9.17, 15) is 5.11 Å². The summed E-state index contributed by atoms with van der Waals surface area (Å²) in [5, 5.41) is 17.9. The lowest BCUT2D eigenvalue weighted by molar-refractivity contribution is 0.473. The maximum atomic E-state index is 9.35. The molecular weight excluding hydrogens is 150 g/mol. The van der Waals surface area contributed by atoms with E-state index in [2.05, 4.69) is 0 Å². The third-order valence-corrected chi connectivity index (χ3v) is 2.19. The molecule has 0 heterocycles. The summed E-state index contributed by atoms with van der Waals surface area (Å²) in [5.74, 6) is 0.741. The van der Waals surface area contributed by atoms with Gasteiger partial charge in [-0.1, -0.05) is 6.07 Å². The van der Waals surface area contributed by atoms with Crippen molar-refractivity contribution < 1.29 is 5.11 Å². The first-order chi connectivity index (χ1) is 5.81. The van der Waals surface area contributed by atoms with Crippen molar-refractivity contribution in [2.75, 3.05) is 0 Å². The first kappa shape index (κ1) is 7.17. The van der Waals surface area contributed by atoms with E-state index in [0.29, 0.717) is 11.5 Å². The second kappa shape index (κ2) is 2.53. The lowest BCUT2D eigenvalue weighted by Gasteiger charge is -1.99. The smallest absolute Gasteiger partial charge is 0.133 e. The Bertz CT molecular complexity index is 347. The maximum absolute atomic E-state index is 9.35. The molecule has 1 aliphatic rings. The fraction of sp³-hybridized carbons (Fsp3) is 0.300. The Morgan fingerprint density at radius 1 is 1.42 bits per heavy atom. The van der Waals surface area contributed by atoms with Crippen LogP contribution in [0.1, 0.15) is 29.9 Å². The van der Waals surface area contributed by atoms with Gasteiger partial charge in [0.25, 0.3) is 0 Å². The van der Waals surface area contributed by atoms with Crippen LogP contribution in [0.4, 0.5) is 0 Å². The Kier molecular flexibility index (Phi) is 1.51. The van der Waals surface area contributed by atoms with Crippen molar-refractivity contribution in [3.05, 3.63) is 29.3 Å². The number of nitriles is 1. The van der Waals surface area contributed by atoms with Gasteiger partial charge in [0.1, 0.15) is 11.8 Å². The molecule has 0 unspecified atom stereocenters. The standard InChI is InChI=1S/C10H9NO/c11-6-9-4-3-8(5-10(9)12)7-1-2-7/h3-5,7,12H,1-2H2. The van der Waals surface area contributed by atoms with Crippen LogP contribution in [-0.4, -0.2) is 5.11 Å². The third kappa shape index (κ3) is 1.14. The molecule has 1 saturated carbocycles. The summed E-state index contributed by atoms with van der Waals surface area (Å²) in [6.45, 7) is 0. The average molecular weight is 159 g/mol. The van der Waals surface area contributed by atoms with Gasteiger partial charge in [-0.05, 0) is 36.5 Å². The van der Waals surface area contributed by atoms with Crippen molar-refractivity contribution in [3.63, 3.8) is 0 Å². The van der Waals surface area contributed by atoms with Crippen LogP contribution in [0.5, 0.6) is 5.75 Å². The zero-order valence-corrected chi connectivity index (χ0v) is 6.62. The minimum atomic E-state index is 0.113. The highest BCUT2D eigenvalue weighted by Gasteiger charge is 2.23. The quantitative estimate of drug-likeness (QED) is 0.682. The highest BCUT2D eigenvalue weighted by Crippen LogP contribution is 2.41. The van der Waals surface area contributed by atoms with Gasteiger partial charge in [-0.15, -0.1) is 0 Å². The van der Waals surface area contributed by atoms with Crippen molar-refractivity contribution in [1.29, 1.82) is 5.26 Å². The van der Waals surface area contributed by atoms with Crippen LogP contribution in [0, 0.1) is 11.3 Å². The van der Waals surface area contributed by atoms with Crippen molar-refractivity contribution in [2.24, 2.45) is 0 Å². The van der Waals surface area contributed by atoms with Crippen LogP contribution in [0.15, 0.2) is 18.2 Å². The predicted octanol–water partition coefficient (Wildman–Crippen LogP) is 2.14. The maximum Gasteiger partial charge on any atom is 0.133 e. The fourth-order valence-electron chi connectivity index (χ4n) is 1.31. The molecule has 0 spiro atoms. The van der Waals surface area contributed by atoms with Crippen LogP contribution in [0.25, 0.3) is 0 Å². The molecule has 1 aromatic carbocycles. The molecule has 2 nitrogen and oxygen atoms in total. The summed E-state index contributed by atoms with van der Waals surface area (Å²) in [6, 6.07) is 7.25. The van der Waals surface area contributed by atoms with Gasteiger partial charge in [0.05, 0.1) is 5.56 Å². The Morgan fingerprint density at radius 2 is 2.17 bits per heavy atom. The van der Waals surface area contributed by atoms with Crippen molar-refractivity contribution in [1.82, 2.24) is 0 Å². The molecule has 12 heavy (non-hydrogen) atoms. The molecule has 1 aliphatic carbocycles. The molecule has 0 bridgehead atoms. The molecule has 0 radical (unpaired) electrons. The number of aromatic hydroxyl groups is 1. The normalized spacial score (nSPS) is 15.6. The number of phenols is 1. The van der Waals surface area contributed by atoms with Gasteiger partial charge in [-0.2, -0.15) is 5.26 Å². The number of benzene rings is 1. The molecule has 1 N–H and O–H groups in total. The first-order valence-corrected chi connectivity index (χ1v) is 4.04. The van der Waals surface area contributed by atoms with Gasteiger partial charge in [0.15, 0.2) is 0 Å². The van der Waals surface area contributed by atoms with Crippen molar-refractivity contribution >= 4 is 0 Å². The van der Waals surface area contributed by atoms with Gasteiger partial charge in [0, 0.05) is 0 Å². The molecule has 0 saturated heterocycles. The Labute approximate surface area is 71.1 Å².